The van der Waals surface area contributed by atoms with E-state index in [-0.39, 0.29) is 5.82 Å². The summed E-state index contributed by atoms with van der Waals surface area (Å²) < 4.78 is 26.1. The van der Waals surface area contributed by atoms with Gasteiger partial charge in [-0.15, -0.1) is 0 Å². The predicted octanol–water partition coefficient (Wildman–Crippen LogP) is 0.0143. The van der Waals surface area contributed by atoms with Gasteiger partial charge in [0.2, 0.25) is 0 Å². The smallest absolute Gasteiger partial charge is 0.308 e. The molecule has 2 aromatic heterocycles. The highest BCUT2D eigenvalue weighted by atomic mass is 32.2. The number of aromatic nitrogens is 3. The zero-order chi connectivity index (χ0) is 14.0. The molecule has 2 rings (SSSR count). The molecule has 0 spiro atoms. The summed E-state index contributed by atoms with van der Waals surface area (Å²) >= 11 is 0. The molecule has 0 aromatic carbocycles. The van der Waals surface area contributed by atoms with E-state index in [1.54, 1.807) is 18.2 Å². The van der Waals surface area contributed by atoms with Crippen LogP contribution in [0.25, 0.3) is 0 Å². The number of pyridine rings is 1. The van der Waals surface area contributed by atoms with Crippen molar-refractivity contribution in [3.8, 4) is 0 Å². The lowest BCUT2D eigenvalue weighted by atomic mass is 10.2. The number of aliphatic hydroxyl groups excluding tert-OH is 1. The third-order valence-electron chi connectivity index (χ3n) is 2.56. The van der Waals surface area contributed by atoms with Crippen LogP contribution in [0, 0.1) is 0 Å². The minimum atomic E-state index is -3.72. The molecule has 1 unspecified atom stereocenters. The molecule has 0 bridgehead atoms. The summed E-state index contributed by atoms with van der Waals surface area (Å²) in [5.74, 6) is 0.00685. The summed E-state index contributed by atoms with van der Waals surface area (Å²) in [6.07, 6.45) is 2.93. The minimum Gasteiger partial charge on any atom is -0.379 e. The summed E-state index contributed by atoms with van der Waals surface area (Å²) in [5.41, 5.74) is 0.337. The van der Waals surface area contributed by atoms with Gasteiger partial charge < -0.3 is 5.11 Å². The molecule has 2 aromatic rings. The van der Waals surface area contributed by atoms with Crippen LogP contribution in [0.1, 0.15) is 17.6 Å². The van der Waals surface area contributed by atoms with E-state index in [0.29, 0.717) is 5.69 Å². The Morgan fingerprint density at radius 2 is 2.00 bits per heavy atom. The molecule has 0 saturated carbocycles. The van der Waals surface area contributed by atoms with E-state index >= 15 is 0 Å². The summed E-state index contributed by atoms with van der Waals surface area (Å²) in [4.78, 5) is 7.90. The average Bonchev–Trinajstić information content (AvgIpc) is 2.88. The number of hydrogen-bond acceptors (Lipinski definition) is 5. The zero-order valence-electron chi connectivity index (χ0n) is 10.5. The van der Waals surface area contributed by atoms with E-state index < -0.39 is 16.3 Å². The highest BCUT2D eigenvalue weighted by molar-refractivity contribution is 7.87. The Bertz CT molecular complexity index is 652. The van der Waals surface area contributed by atoms with Crippen LogP contribution >= 0.6 is 0 Å². The Balaban J connectivity index is 2.47. The second kappa shape index (κ2) is 5.08. The van der Waals surface area contributed by atoms with Crippen LogP contribution in [0.3, 0.4) is 0 Å². The molecule has 0 aliphatic carbocycles. The number of hydrogen-bond donors (Lipinski definition) is 1. The van der Waals surface area contributed by atoms with E-state index in [0.717, 1.165) is 8.28 Å². The molecule has 0 saturated heterocycles. The maximum Gasteiger partial charge on any atom is 0.308 e. The van der Waals surface area contributed by atoms with Gasteiger partial charge in [-0.05, 0) is 12.1 Å². The normalized spacial score (nSPS) is 13.7. The maximum absolute atomic E-state index is 12.1. The van der Waals surface area contributed by atoms with Crippen molar-refractivity contribution in [2.24, 2.45) is 0 Å². The van der Waals surface area contributed by atoms with Crippen molar-refractivity contribution in [1.82, 2.24) is 18.2 Å². The molecule has 2 heterocycles. The van der Waals surface area contributed by atoms with E-state index in [4.69, 9.17) is 0 Å². The van der Waals surface area contributed by atoms with Crippen molar-refractivity contribution < 1.29 is 13.5 Å². The summed E-state index contributed by atoms with van der Waals surface area (Å²) in [5, 5.41) is 10.2. The molecule has 0 amide bonds. The van der Waals surface area contributed by atoms with Gasteiger partial charge in [0, 0.05) is 32.7 Å². The lowest BCUT2D eigenvalue weighted by molar-refractivity contribution is 0.204. The Hall–Kier alpha value is -1.77. The topological polar surface area (TPSA) is 88.3 Å². The summed E-state index contributed by atoms with van der Waals surface area (Å²) in [7, 11) is -0.900. The maximum atomic E-state index is 12.1. The van der Waals surface area contributed by atoms with Crippen molar-refractivity contribution in [1.29, 1.82) is 0 Å². The van der Waals surface area contributed by atoms with Crippen LogP contribution in [0.15, 0.2) is 36.8 Å². The number of imidazole rings is 1. The van der Waals surface area contributed by atoms with Gasteiger partial charge in [-0.3, -0.25) is 4.98 Å². The minimum absolute atomic E-state index is 0.00685. The fourth-order valence-corrected chi connectivity index (χ4v) is 2.48. The molecule has 0 fully saturated rings. The van der Waals surface area contributed by atoms with Gasteiger partial charge in [0.05, 0.1) is 5.69 Å². The summed E-state index contributed by atoms with van der Waals surface area (Å²) in [6, 6.07) is 5.02. The molecule has 1 N–H and O–H groups in total. The van der Waals surface area contributed by atoms with Gasteiger partial charge in [0.1, 0.15) is 0 Å². The average molecular weight is 282 g/mol. The van der Waals surface area contributed by atoms with Crippen molar-refractivity contribution >= 4 is 10.2 Å². The van der Waals surface area contributed by atoms with Crippen LogP contribution in [-0.4, -0.2) is 45.9 Å². The van der Waals surface area contributed by atoms with Crippen molar-refractivity contribution in [3.05, 3.63) is 48.3 Å². The Kier molecular flexibility index (Phi) is 3.65. The Morgan fingerprint density at radius 3 is 2.58 bits per heavy atom. The Labute approximate surface area is 111 Å². The van der Waals surface area contributed by atoms with Crippen molar-refractivity contribution in [2.45, 2.75) is 6.10 Å². The van der Waals surface area contributed by atoms with Gasteiger partial charge in [-0.25, -0.2) is 8.96 Å². The van der Waals surface area contributed by atoms with Crippen LogP contribution in [0.4, 0.5) is 0 Å². The van der Waals surface area contributed by atoms with Gasteiger partial charge in [0.25, 0.3) is 0 Å². The highest BCUT2D eigenvalue weighted by Gasteiger charge is 2.25. The van der Waals surface area contributed by atoms with Crippen LogP contribution < -0.4 is 0 Å². The summed E-state index contributed by atoms with van der Waals surface area (Å²) in [6.45, 7) is 0. The molecule has 8 heteroatoms. The second-order valence-corrected chi connectivity index (χ2v) is 6.05. The first-order chi connectivity index (χ1) is 8.94. The quantitative estimate of drug-likeness (QED) is 0.853. The van der Waals surface area contributed by atoms with Crippen molar-refractivity contribution in [2.75, 3.05) is 14.1 Å². The fourth-order valence-electron chi connectivity index (χ4n) is 1.54. The van der Waals surface area contributed by atoms with Gasteiger partial charge >= 0.3 is 10.2 Å². The molecule has 0 aliphatic rings. The lowest BCUT2D eigenvalue weighted by Crippen LogP contribution is -2.30. The third-order valence-corrected chi connectivity index (χ3v) is 4.29. The first-order valence-corrected chi connectivity index (χ1v) is 6.89. The van der Waals surface area contributed by atoms with E-state index in [1.165, 1.54) is 32.7 Å². The third kappa shape index (κ3) is 2.50. The van der Waals surface area contributed by atoms with E-state index in [2.05, 4.69) is 9.97 Å². The Morgan fingerprint density at radius 1 is 1.26 bits per heavy atom. The molecule has 7 nitrogen and oxygen atoms in total. The van der Waals surface area contributed by atoms with E-state index in [1.807, 2.05) is 0 Å². The second-order valence-electron chi connectivity index (χ2n) is 4.03. The fraction of sp³-hybridized carbons (Fsp3) is 0.273. The molecule has 0 aliphatic heterocycles. The largest absolute Gasteiger partial charge is 0.379 e. The van der Waals surface area contributed by atoms with Crippen molar-refractivity contribution in [3.63, 3.8) is 0 Å². The molecule has 102 valence electrons. The molecular weight excluding hydrogens is 268 g/mol. The lowest BCUT2D eigenvalue weighted by Gasteiger charge is -2.16. The van der Waals surface area contributed by atoms with Gasteiger partial charge in [-0.1, -0.05) is 6.07 Å². The first kappa shape index (κ1) is 13.7. The van der Waals surface area contributed by atoms with Gasteiger partial charge in [-0.2, -0.15) is 12.7 Å². The van der Waals surface area contributed by atoms with Gasteiger partial charge in [0.15, 0.2) is 11.9 Å². The van der Waals surface area contributed by atoms with Crippen LogP contribution in [0.5, 0.6) is 0 Å². The van der Waals surface area contributed by atoms with Crippen LogP contribution in [0.2, 0.25) is 0 Å². The SMILES string of the molecule is CN(C)S(=O)(=O)n1ccnc1C(O)c1ccccn1. The molecule has 0 radical (unpaired) electrons. The standard InChI is InChI=1S/C11H14N4O3S/c1-14(2)19(17,18)15-8-7-13-11(15)10(16)9-5-3-4-6-12-9/h3-8,10,16H,1-2H3. The molecular formula is C11H14N4O3S. The predicted molar refractivity (Wildman–Crippen MR) is 68.5 cm³/mol. The monoisotopic (exact) mass is 282 g/mol. The zero-order valence-corrected chi connectivity index (χ0v) is 11.3. The van der Waals surface area contributed by atoms with Crippen LogP contribution in [-0.2, 0) is 10.2 Å². The number of rotatable bonds is 4. The van der Waals surface area contributed by atoms with E-state index in [9.17, 15) is 13.5 Å². The number of aliphatic hydroxyl groups is 1. The molecule has 1 atom stereocenters. The molecule has 19 heavy (non-hydrogen) atoms. The highest BCUT2D eigenvalue weighted by Crippen LogP contribution is 2.20. The number of nitrogens with zero attached hydrogens (tertiary/aromatic N) is 4. The first-order valence-electron chi connectivity index (χ1n) is 5.50.